The summed E-state index contributed by atoms with van der Waals surface area (Å²) in [5.74, 6) is 0.671. The van der Waals surface area contributed by atoms with Gasteiger partial charge in [-0.1, -0.05) is 6.92 Å². The summed E-state index contributed by atoms with van der Waals surface area (Å²) in [6, 6.07) is 3.90. The quantitative estimate of drug-likeness (QED) is 0.848. The van der Waals surface area contributed by atoms with Crippen LogP contribution in [0.3, 0.4) is 0 Å². The van der Waals surface area contributed by atoms with E-state index in [0.717, 1.165) is 38.3 Å². The molecule has 1 unspecified atom stereocenters. The summed E-state index contributed by atoms with van der Waals surface area (Å²) in [5.41, 5.74) is 1.65. The lowest BCUT2D eigenvalue weighted by atomic mass is 10.00. The van der Waals surface area contributed by atoms with Crippen molar-refractivity contribution in [2.75, 3.05) is 31.1 Å². The second-order valence-electron chi connectivity index (χ2n) is 5.57. The van der Waals surface area contributed by atoms with E-state index in [4.69, 9.17) is 0 Å². The molecule has 0 radical (unpaired) electrons. The molecule has 1 amide bonds. The number of rotatable bonds is 4. The first kappa shape index (κ1) is 14.8. The summed E-state index contributed by atoms with van der Waals surface area (Å²) >= 11 is 0. The van der Waals surface area contributed by atoms with Crippen LogP contribution in [-0.2, 0) is 0 Å². The lowest BCUT2D eigenvalue weighted by Gasteiger charge is -2.31. The molecule has 0 spiro atoms. The van der Waals surface area contributed by atoms with Crippen molar-refractivity contribution >= 4 is 11.6 Å². The standard InChI is InChI=1S/C16H25N3O/c1-4-18(5-2)14-8-9-17-15(11-14)16(20)19-10-6-7-13(3)12-19/h8-9,11,13H,4-7,10,12H2,1-3H3. The number of carbonyl (C=O) groups excluding carboxylic acids is 1. The van der Waals surface area contributed by atoms with Crippen molar-refractivity contribution in [2.45, 2.75) is 33.6 Å². The van der Waals surface area contributed by atoms with E-state index in [1.165, 1.54) is 6.42 Å². The van der Waals surface area contributed by atoms with Crippen molar-refractivity contribution < 1.29 is 4.79 Å². The maximum Gasteiger partial charge on any atom is 0.272 e. The van der Waals surface area contributed by atoms with E-state index < -0.39 is 0 Å². The lowest BCUT2D eigenvalue weighted by Crippen LogP contribution is -2.39. The third-order valence-corrected chi connectivity index (χ3v) is 4.04. The molecule has 0 N–H and O–H groups in total. The first-order valence-electron chi connectivity index (χ1n) is 7.66. The van der Waals surface area contributed by atoms with Gasteiger partial charge in [-0.05, 0) is 44.7 Å². The van der Waals surface area contributed by atoms with Crippen LogP contribution < -0.4 is 4.90 Å². The smallest absolute Gasteiger partial charge is 0.272 e. The molecule has 20 heavy (non-hydrogen) atoms. The molecule has 110 valence electrons. The number of hydrogen-bond acceptors (Lipinski definition) is 3. The van der Waals surface area contributed by atoms with Gasteiger partial charge >= 0.3 is 0 Å². The average Bonchev–Trinajstić information content (AvgIpc) is 2.48. The van der Waals surface area contributed by atoms with E-state index in [-0.39, 0.29) is 5.91 Å². The Morgan fingerprint density at radius 2 is 2.20 bits per heavy atom. The molecule has 1 aromatic heterocycles. The number of nitrogens with zero attached hydrogens (tertiary/aromatic N) is 3. The highest BCUT2D eigenvalue weighted by molar-refractivity contribution is 5.93. The van der Waals surface area contributed by atoms with Gasteiger partial charge in [-0.3, -0.25) is 9.78 Å². The van der Waals surface area contributed by atoms with Crippen LogP contribution in [-0.4, -0.2) is 42.0 Å². The number of carbonyl (C=O) groups is 1. The first-order chi connectivity index (χ1) is 9.65. The fourth-order valence-corrected chi connectivity index (χ4v) is 2.86. The van der Waals surface area contributed by atoms with Gasteiger partial charge in [0, 0.05) is 38.1 Å². The minimum atomic E-state index is 0.0746. The van der Waals surface area contributed by atoms with E-state index in [2.05, 4.69) is 30.7 Å². The van der Waals surface area contributed by atoms with Crippen LogP contribution in [0.25, 0.3) is 0 Å². The number of anilines is 1. The van der Waals surface area contributed by atoms with E-state index >= 15 is 0 Å². The van der Waals surface area contributed by atoms with Crippen LogP contribution in [0, 0.1) is 5.92 Å². The average molecular weight is 275 g/mol. The molecule has 1 aromatic rings. The van der Waals surface area contributed by atoms with Crippen molar-refractivity contribution in [1.29, 1.82) is 0 Å². The van der Waals surface area contributed by atoms with Gasteiger partial charge in [0.1, 0.15) is 5.69 Å². The number of hydrogen-bond donors (Lipinski definition) is 0. The summed E-state index contributed by atoms with van der Waals surface area (Å²) in [6.07, 6.45) is 4.06. The molecule has 4 nitrogen and oxygen atoms in total. The van der Waals surface area contributed by atoms with Crippen molar-refractivity contribution in [3.63, 3.8) is 0 Å². The monoisotopic (exact) mass is 275 g/mol. The van der Waals surface area contributed by atoms with E-state index in [1.54, 1.807) is 6.20 Å². The summed E-state index contributed by atoms with van der Waals surface area (Å²) in [4.78, 5) is 21.0. The van der Waals surface area contributed by atoms with Gasteiger partial charge in [0.05, 0.1) is 0 Å². The molecule has 2 rings (SSSR count). The van der Waals surface area contributed by atoms with Gasteiger partial charge < -0.3 is 9.80 Å². The molecule has 4 heteroatoms. The third-order valence-electron chi connectivity index (χ3n) is 4.04. The van der Waals surface area contributed by atoms with Gasteiger partial charge in [-0.15, -0.1) is 0 Å². The molecule has 0 aliphatic carbocycles. The Morgan fingerprint density at radius 3 is 2.85 bits per heavy atom. The van der Waals surface area contributed by atoms with Gasteiger partial charge in [0.25, 0.3) is 5.91 Å². The van der Waals surface area contributed by atoms with Crippen LogP contribution in [0.1, 0.15) is 44.1 Å². The molecule has 1 atom stereocenters. The summed E-state index contributed by atoms with van der Waals surface area (Å²) < 4.78 is 0. The zero-order valence-corrected chi connectivity index (χ0v) is 12.8. The van der Waals surface area contributed by atoms with Crippen LogP contribution in [0.4, 0.5) is 5.69 Å². The van der Waals surface area contributed by atoms with Crippen LogP contribution >= 0.6 is 0 Å². The molecule has 1 saturated heterocycles. The minimum Gasteiger partial charge on any atom is -0.372 e. The largest absolute Gasteiger partial charge is 0.372 e. The Hall–Kier alpha value is -1.58. The minimum absolute atomic E-state index is 0.0746. The molecule has 0 aromatic carbocycles. The third kappa shape index (κ3) is 3.30. The lowest BCUT2D eigenvalue weighted by molar-refractivity contribution is 0.0677. The number of piperidine rings is 1. The van der Waals surface area contributed by atoms with Crippen molar-refractivity contribution in [3.05, 3.63) is 24.0 Å². The van der Waals surface area contributed by atoms with Crippen LogP contribution in [0.5, 0.6) is 0 Å². The number of likely N-dealkylation sites (tertiary alicyclic amines) is 1. The Bertz CT molecular complexity index is 457. The maximum absolute atomic E-state index is 12.5. The van der Waals surface area contributed by atoms with Crippen LogP contribution in [0.2, 0.25) is 0 Å². The topological polar surface area (TPSA) is 36.4 Å². The normalized spacial score (nSPS) is 18.9. The van der Waals surface area contributed by atoms with Crippen molar-refractivity contribution in [1.82, 2.24) is 9.88 Å². The Kier molecular flexibility index (Phi) is 4.99. The van der Waals surface area contributed by atoms with Gasteiger partial charge in [-0.25, -0.2) is 0 Å². The molecule has 2 heterocycles. The molecule has 1 fully saturated rings. The Balaban J connectivity index is 2.15. The predicted octanol–water partition coefficient (Wildman–Crippen LogP) is 2.80. The van der Waals surface area contributed by atoms with Gasteiger partial charge in [0.15, 0.2) is 0 Å². The highest BCUT2D eigenvalue weighted by Crippen LogP contribution is 2.19. The zero-order valence-electron chi connectivity index (χ0n) is 12.8. The highest BCUT2D eigenvalue weighted by Gasteiger charge is 2.23. The number of aromatic nitrogens is 1. The maximum atomic E-state index is 12.5. The molecule has 0 saturated carbocycles. The summed E-state index contributed by atoms with van der Waals surface area (Å²) in [6.45, 7) is 10.1. The SMILES string of the molecule is CCN(CC)c1ccnc(C(=O)N2CCCC(C)C2)c1. The van der Waals surface area contributed by atoms with Gasteiger partial charge in [-0.2, -0.15) is 0 Å². The van der Waals surface area contributed by atoms with Crippen molar-refractivity contribution in [2.24, 2.45) is 5.92 Å². The van der Waals surface area contributed by atoms with Crippen LogP contribution in [0.15, 0.2) is 18.3 Å². The molecule has 0 bridgehead atoms. The Labute approximate surface area is 121 Å². The zero-order chi connectivity index (χ0) is 14.5. The summed E-state index contributed by atoms with van der Waals surface area (Å²) in [7, 11) is 0. The van der Waals surface area contributed by atoms with E-state index in [9.17, 15) is 4.79 Å². The molecule has 1 aliphatic rings. The second kappa shape index (κ2) is 6.73. The van der Waals surface area contributed by atoms with Gasteiger partial charge in [0.2, 0.25) is 0 Å². The molecular weight excluding hydrogens is 250 g/mol. The fraction of sp³-hybridized carbons (Fsp3) is 0.625. The molecule has 1 aliphatic heterocycles. The Morgan fingerprint density at radius 1 is 1.45 bits per heavy atom. The second-order valence-corrected chi connectivity index (χ2v) is 5.57. The fourth-order valence-electron chi connectivity index (χ4n) is 2.86. The number of amides is 1. The van der Waals surface area contributed by atoms with E-state index in [1.807, 2.05) is 17.0 Å². The highest BCUT2D eigenvalue weighted by atomic mass is 16.2. The van der Waals surface area contributed by atoms with Crippen molar-refractivity contribution in [3.8, 4) is 0 Å². The predicted molar refractivity (Wildman–Crippen MR) is 82.1 cm³/mol. The first-order valence-corrected chi connectivity index (χ1v) is 7.66. The number of pyridine rings is 1. The summed E-state index contributed by atoms with van der Waals surface area (Å²) in [5, 5.41) is 0. The molecular formula is C16H25N3O. The van der Waals surface area contributed by atoms with E-state index in [0.29, 0.717) is 11.6 Å².